The third-order valence-corrected chi connectivity index (χ3v) is 5.07. The molecule has 0 aromatic heterocycles. The van der Waals surface area contributed by atoms with Gasteiger partial charge >= 0.3 is 0 Å². The van der Waals surface area contributed by atoms with E-state index in [-0.39, 0.29) is 29.3 Å². The molecule has 4 nitrogen and oxygen atoms in total. The van der Waals surface area contributed by atoms with Crippen LogP contribution in [0, 0.1) is 11.3 Å². The fourth-order valence-electron chi connectivity index (χ4n) is 2.88. The van der Waals surface area contributed by atoms with E-state index in [2.05, 4.69) is 27.7 Å². The van der Waals surface area contributed by atoms with E-state index in [1.807, 2.05) is 11.8 Å². The lowest BCUT2D eigenvalue weighted by molar-refractivity contribution is -0.160. The minimum atomic E-state index is -0.306. The number of fused-ring (bicyclic) bond motifs is 1. The third kappa shape index (κ3) is 2.37. The Morgan fingerprint density at radius 2 is 1.89 bits per heavy atom. The van der Waals surface area contributed by atoms with Gasteiger partial charge in [0.25, 0.3) is 0 Å². The summed E-state index contributed by atoms with van der Waals surface area (Å²) in [5.41, 5.74) is 0.0327. The van der Waals surface area contributed by atoms with Crippen molar-refractivity contribution in [2.45, 2.75) is 59.5 Å². The zero-order valence-corrected chi connectivity index (χ0v) is 12.8. The molecule has 2 aliphatic heterocycles. The van der Waals surface area contributed by atoms with Crippen LogP contribution in [-0.4, -0.2) is 46.8 Å². The van der Waals surface area contributed by atoms with E-state index in [0.29, 0.717) is 12.5 Å². The number of nitrogens with zero attached hydrogens (tertiary/aromatic N) is 2. The highest BCUT2D eigenvalue weighted by Crippen LogP contribution is 2.32. The molecule has 0 saturated carbocycles. The lowest BCUT2D eigenvalue weighted by Crippen LogP contribution is -2.63. The fourth-order valence-corrected chi connectivity index (χ4v) is 2.88. The van der Waals surface area contributed by atoms with Crippen molar-refractivity contribution in [3.05, 3.63) is 0 Å². The van der Waals surface area contributed by atoms with Crippen LogP contribution in [0.4, 0.5) is 0 Å². The predicted molar refractivity (Wildman–Crippen MR) is 74.5 cm³/mol. The first-order valence-corrected chi connectivity index (χ1v) is 7.36. The number of carbonyl (C=O) groups is 2. The summed E-state index contributed by atoms with van der Waals surface area (Å²) in [6, 6.07) is -0.494. The summed E-state index contributed by atoms with van der Waals surface area (Å²) < 4.78 is 0. The van der Waals surface area contributed by atoms with Crippen molar-refractivity contribution in [3.8, 4) is 0 Å². The van der Waals surface area contributed by atoms with Crippen molar-refractivity contribution in [1.82, 2.24) is 9.80 Å². The Bertz CT molecular complexity index is 390. The van der Waals surface area contributed by atoms with Crippen LogP contribution in [0.15, 0.2) is 0 Å². The van der Waals surface area contributed by atoms with Crippen molar-refractivity contribution >= 4 is 11.8 Å². The molecule has 19 heavy (non-hydrogen) atoms. The zero-order valence-electron chi connectivity index (χ0n) is 12.8. The average molecular weight is 266 g/mol. The molecule has 0 spiro atoms. The number of rotatable bonds is 3. The topological polar surface area (TPSA) is 40.6 Å². The van der Waals surface area contributed by atoms with Gasteiger partial charge in [-0.15, -0.1) is 0 Å². The van der Waals surface area contributed by atoms with E-state index < -0.39 is 0 Å². The number of carbonyl (C=O) groups excluding carboxylic acids is 2. The van der Waals surface area contributed by atoms with Gasteiger partial charge in [-0.1, -0.05) is 27.7 Å². The summed E-state index contributed by atoms with van der Waals surface area (Å²) in [6.07, 6.45) is 1.78. The van der Waals surface area contributed by atoms with E-state index in [9.17, 15) is 9.59 Å². The van der Waals surface area contributed by atoms with Gasteiger partial charge < -0.3 is 9.80 Å². The SMILES string of the molecule is CC1C(=O)N2CCCC2C(=O)N1CC(C)(C)C(C)C. The summed E-state index contributed by atoms with van der Waals surface area (Å²) in [6.45, 7) is 12.0. The first kappa shape index (κ1) is 14.4. The van der Waals surface area contributed by atoms with Crippen LogP contribution in [0.3, 0.4) is 0 Å². The molecule has 2 fully saturated rings. The number of hydrogen-bond acceptors (Lipinski definition) is 2. The molecule has 2 aliphatic rings. The maximum absolute atomic E-state index is 12.6. The molecular formula is C15H26N2O2. The molecule has 0 aromatic rings. The average Bonchev–Trinajstić information content (AvgIpc) is 2.81. The molecule has 2 rings (SSSR count). The molecule has 2 amide bonds. The van der Waals surface area contributed by atoms with Crippen LogP contribution in [0.2, 0.25) is 0 Å². The summed E-state index contributed by atoms with van der Waals surface area (Å²) >= 11 is 0. The van der Waals surface area contributed by atoms with E-state index in [1.165, 1.54) is 0 Å². The number of hydrogen-bond donors (Lipinski definition) is 0. The summed E-state index contributed by atoms with van der Waals surface area (Å²) in [5.74, 6) is 0.754. The van der Waals surface area contributed by atoms with Crippen LogP contribution < -0.4 is 0 Å². The zero-order chi connectivity index (χ0) is 14.4. The summed E-state index contributed by atoms with van der Waals surface area (Å²) in [5, 5.41) is 0. The Morgan fingerprint density at radius 1 is 1.26 bits per heavy atom. The molecule has 0 aromatic carbocycles. The Kier molecular flexibility index (Phi) is 3.63. The monoisotopic (exact) mass is 266 g/mol. The van der Waals surface area contributed by atoms with Crippen molar-refractivity contribution in [3.63, 3.8) is 0 Å². The van der Waals surface area contributed by atoms with Gasteiger partial charge in [-0.3, -0.25) is 9.59 Å². The molecular weight excluding hydrogens is 240 g/mol. The van der Waals surface area contributed by atoms with Gasteiger partial charge in [0, 0.05) is 13.1 Å². The van der Waals surface area contributed by atoms with Crippen molar-refractivity contribution in [2.75, 3.05) is 13.1 Å². The molecule has 0 bridgehead atoms. The molecule has 4 heteroatoms. The highest BCUT2D eigenvalue weighted by molar-refractivity contribution is 5.97. The molecule has 0 aliphatic carbocycles. The predicted octanol–water partition coefficient (Wildman–Crippen LogP) is 1.89. The van der Waals surface area contributed by atoms with Gasteiger partial charge in [0.15, 0.2) is 0 Å². The molecule has 0 radical (unpaired) electrons. The second-order valence-corrected chi connectivity index (χ2v) is 6.98. The first-order valence-electron chi connectivity index (χ1n) is 7.36. The van der Waals surface area contributed by atoms with Crippen LogP contribution in [0.25, 0.3) is 0 Å². The minimum Gasteiger partial charge on any atom is -0.329 e. The Labute approximate surface area is 116 Å². The van der Waals surface area contributed by atoms with Gasteiger partial charge in [0.2, 0.25) is 11.8 Å². The second-order valence-electron chi connectivity index (χ2n) is 6.98. The van der Waals surface area contributed by atoms with E-state index in [0.717, 1.165) is 19.4 Å². The number of amides is 2. The standard InChI is InChI=1S/C15H26N2O2/c1-10(2)15(4,5)9-17-11(3)13(18)16-8-6-7-12(16)14(17)19/h10-12H,6-9H2,1-5H3. The Hall–Kier alpha value is -1.06. The lowest BCUT2D eigenvalue weighted by Gasteiger charge is -2.45. The summed E-state index contributed by atoms with van der Waals surface area (Å²) in [7, 11) is 0. The molecule has 108 valence electrons. The normalized spacial score (nSPS) is 28.3. The smallest absolute Gasteiger partial charge is 0.246 e. The highest BCUT2D eigenvalue weighted by Gasteiger charge is 2.47. The van der Waals surface area contributed by atoms with E-state index in [4.69, 9.17) is 0 Å². The number of piperazine rings is 1. The van der Waals surface area contributed by atoms with Crippen LogP contribution >= 0.6 is 0 Å². The fraction of sp³-hybridized carbons (Fsp3) is 0.867. The van der Waals surface area contributed by atoms with Crippen LogP contribution in [0.1, 0.15) is 47.5 Å². The second kappa shape index (κ2) is 4.80. The molecule has 0 N–H and O–H groups in total. The van der Waals surface area contributed by atoms with E-state index >= 15 is 0 Å². The first-order chi connectivity index (χ1) is 8.75. The maximum Gasteiger partial charge on any atom is 0.246 e. The van der Waals surface area contributed by atoms with Gasteiger partial charge in [-0.05, 0) is 31.1 Å². The van der Waals surface area contributed by atoms with Gasteiger partial charge in [-0.25, -0.2) is 0 Å². The minimum absolute atomic E-state index is 0.0327. The largest absolute Gasteiger partial charge is 0.329 e. The van der Waals surface area contributed by atoms with E-state index in [1.54, 1.807) is 4.90 Å². The molecule has 2 atom stereocenters. The summed E-state index contributed by atoms with van der Waals surface area (Å²) in [4.78, 5) is 28.5. The lowest BCUT2D eigenvalue weighted by atomic mass is 9.80. The van der Waals surface area contributed by atoms with Gasteiger partial charge in [0.05, 0.1) is 0 Å². The van der Waals surface area contributed by atoms with Crippen LogP contribution in [-0.2, 0) is 9.59 Å². The third-order valence-electron chi connectivity index (χ3n) is 5.07. The molecule has 2 unspecified atom stereocenters. The van der Waals surface area contributed by atoms with Crippen LogP contribution in [0.5, 0.6) is 0 Å². The van der Waals surface area contributed by atoms with Crippen molar-refractivity contribution < 1.29 is 9.59 Å². The highest BCUT2D eigenvalue weighted by atomic mass is 16.2. The quantitative estimate of drug-likeness (QED) is 0.782. The van der Waals surface area contributed by atoms with Gasteiger partial charge in [-0.2, -0.15) is 0 Å². The molecule has 2 saturated heterocycles. The van der Waals surface area contributed by atoms with Gasteiger partial charge in [0.1, 0.15) is 12.1 Å². The Balaban J connectivity index is 2.20. The molecule has 2 heterocycles. The van der Waals surface area contributed by atoms with Crippen molar-refractivity contribution in [1.29, 1.82) is 0 Å². The Morgan fingerprint density at radius 3 is 2.47 bits per heavy atom. The van der Waals surface area contributed by atoms with Crippen molar-refractivity contribution in [2.24, 2.45) is 11.3 Å². The maximum atomic E-state index is 12.6.